The average molecular weight is 241 g/mol. The highest BCUT2D eigenvalue weighted by atomic mass is 35.5. The van der Waals surface area contributed by atoms with Gasteiger partial charge >= 0.3 is 0 Å². The summed E-state index contributed by atoms with van der Waals surface area (Å²) in [5, 5.41) is 3.98. The molecule has 0 aromatic heterocycles. The zero-order valence-corrected chi connectivity index (χ0v) is 10.3. The maximum atomic E-state index is 10.9. The van der Waals surface area contributed by atoms with Crippen LogP contribution in [-0.4, -0.2) is 12.5 Å². The first kappa shape index (κ1) is 13.0. The maximum absolute atomic E-state index is 10.9. The summed E-state index contributed by atoms with van der Waals surface area (Å²) in [5.74, 6) is -0.439. The number of hydrogen-bond donors (Lipinski definition) is 2. The van der Waals surface area contributed by atoms with Crippen LogP contribution in [0.2, 0.25) is 5.02 Å². The fourth-order valence-corrected chi connectivity index (χ4v) is 1.45. The number of carbonyl (C=O) groups excluding carboxylic acids is 1. The van der Waals surface area contributed by atoms with Crippen molar-refractivity contribution >= 4 is 17.5 Å². The second-order valence-electron chi connectivity index (χ2n) is 3.98. The van der Waals surface area contributed by atoms with Gasteiger partial charge in [-0.15, -0.1) is 0 Å². The monoisotopic (exact) mass is 240 g/mol. The zero-order chi connectivity index (χ0) is 12.1. The Morgan fingerprint density at radius 1 is 1.38 bits per heavy atom. The van der Waals surface area contributed by atoms with Gasteiger partial charge < -0.3 is 11.1 Å². The summed E-state index contributed by atoms with van der Waals surface area (Å²) in [7, 11) is 0. The molecule has 0 aliphatic carbocycles. The van der Waals surface area contributed by atoms with E-state index in [9.17, 15) is 4.79 Å². The van der Waals surface area contributed by atoms with E-state index in [4.69, 9.17) is 17.3 Å². The van der Waals surface area contributed by atoms with E-state index >= 15 is 0 Å². The van der Waals surface area contributed by atoms with Crippen LogP contribution in [0.3, 0.4) is 0 Å². The summed E-state index contributed by atoms with van der Waals surface area (Å²) >= 11 is 5.80. The van der Waals surface area contributed by atoms with Gasteiger partial charge in [-0.2, -0.15) is 0 Å². The molecular formula is C12H17ClN2O. The number of benzene rings is 1. The first-order valence-corrected chi connectivity index (χ1v) is 5.66. The van der Waals surface area contributed by atoms with Crippen molar-refractivity contribution in [1.29, 1.82) is 0 Å². The number of nitrogens with one attached hydrogen (secondary N) is 1. The van der Waals surface area contributed by atoms with Gasteiger partial charge in [-0.1, -0.05) is 30.7 Å². The molecule has 1 aromatic carbocycles. The lowest BCUT2D eigenvalue weighted by Gasteiger charge is -2.16. The molecule has 2 atom stereocenters. The van der Waals surface area contributed by atoms with Crippen molar-refractivity contribution in [3.8, 4) is 0 Å². The van der Waals surface area contributed by atoms with E-state index in [-0.39, 0.29) is 17.9 Å². The lowest BCUT2D eigenvalue weighted by Crippen LogP contribution is -2.32. The molecule has 0 aliphatic heterocycles. The molecule has 0 bridgehead atoms. The first-order chi connectivity index (χ1) is 7.50. The Morgan fingerprint density at radius 3 is 2.44 bits per heavy atom. The second-order valence-corrected chi connectivity index (χ2v) is 4.42. The van der Waals surface area contributed by atoms with Crippen LogP contribution >= 0.6 is 11.6 Å². The van der Waals surface area contributed by atoms with E-state index < -0.39 is 0 Å². The summed E-state index contributed by atoms with van der Waals surface area (Å²) in [6.07, 6.45) is 0. The van der Waals surface area contributed by atoms with E-state index in [1.54, 1.807) is 0 Å². The Labute approximate surface area is 101 Å². The zero-order valence-electron chi connectivity index (χ0n) is 9.53. The van der Waals surface area contributed by atoms with Crippen molar-refractivity contribution in [3.05, 3.63) is 34.9 Å². The van der Waals surface area contributed by atoms with Gasteiger partial charge in [0, 0.05) is 23.5 Å². The van der Waals surface area contributed by atoms with Gasteiger partial charge in [-0.3, -0.25) is 4.79 Å². The molecule has 0 fully saturated rings. The van der Waals surface area contributed by atoms with Gasteiger partial charge in [-0.25, -0.2) is 0 Å². The molecule has 0 saturated carbocycles. The molecule has 3 nitrogen and oxygen atoms in total. The standard InChI is InChI=1S/C12H17ClN2O/c1-8(12(14)16)7-15-9(2)10-3-5-11(13)6-4-10/h3-6,8-9,15H,7H2,1-2H3,(H2,14,16)/t8?,9-/m1/s1. The molecule has 0 radical (unpaired) electrons. The molecule has 0 saturated heterocycles. The van der Waals surface area contributed by atoms with Crippen LogP contribution in [0.1, 0.15) is 25.5 Å². The molecule has 1 amide bonds. The summed E-state index contributed by atoms with van der Waals surface area (Å²) in [6.45, 7) is 4.43. The van der Waals surface area contributed by atoms with Gasteiger partial charge in [0.15, 0.2) is 0 Å². The number of hydrogen-bond acceptors (Lipinski definition) is 2. The van der Waals surface area contributed by atoms with Crippen molar-refractivity contribution in [2.45, 2.75) is 19.9 Å². The second kappa shape index (κ2) is 5.87. The third kappa shape index (κ3) is 3.83. The van der Waals surface area contributed by atoms with Gasteiger partial charge in [0.05, 0.1) is 0 Å². The minimum absolute atomic E-state index is 0.158. The molecule has 0 spiro atoms. The van der Waals surface area contributed by atoms with Crippen molar-refractivity contribution < 1.29 is 4.79 Å². The maximum Gasteiger partial charge on any atom is 0.221 e. The number of rotatable bonds is 5. The quantitative estimate of drug-likeness (QED) is 0.828. The normalized spacial score (nSPS) is 14.4. The topological polar surface area (TPSA) is 55.1 Å². The predicted molar refractivity (Wildman–Crippen MR) is 66.2 cm³/mol. The predicted octanol–water partition coefficient (Wildman–Crippen LogP) is 2.11. The number of halogens is 1. The molecule has 0 aliphatic rings. The minimum Gasteiger partial charge on any atom is -0.369 e. The van der Waals surface area contributed by atoms with Crippen LogP contribution in [0.15, 0.2) is 24.3 Å². The Kier molecular flexibility index (Phi) is 4.77. The largest absolute Gasteiger partial charge is 0.369 e. The number of primary amides is 1. The van der Waals surface area contributed by atoms with E-state index in [0.29, 0.717) is 6.54 Å². The Bertz CT molecular complexity index is 351. The van der Waals surface area contributed by atoms with Gasteiger partial charge in [-0.05, 0) is 24.6 Å². The molecule has 1 rings (SSSR count). The van der Waals surface area contributed by atoms with E-state index in [0.717, 1.165) is 10.6 Å². The van der Waals surface area contributed by atoms with E-state index in [1.807, 2.05) is 38.1 Å². The van der Waals surface area contributed by atoms with Crippen molar-refractivity contribution in [3.63, 3.8) is 0 Å². The highest BCUT2D eigenvalue weighted by Crippen LogP contribution is 2.16. The smallest absolute Gasteiger partial charge is 0.221 e. The van der Waals surface area contributed by atoms with Crippen molar-refractivity contribution in [1.82, 2.24) is 5.32 Å². The molecule has 4 heteroatoms. The SMILES string of the molecule is CC(CN[C@H](C)c1ccc(Cl)cc1)C(N)=O. The summed E-state index contributed by atoms with van der Waals surface area (Å²) in [5.41, 5.74) is 6.32. The Morgan fingerprint density at radius 2 is 1.94 bits per heavy atom. The van der Waals surface area contributed by atoms with Crippen molar-refractivity contribution in [2.24, 2.45) is 11.7 Å². The first-order valence-electron chi connectivity index (χ1n) is 5.29. The van der Waals surface area contributed by atoms with E-state index in [2.05, 4.69) is 5.32 Å². The average Bonchev–Trinajstić information content (AvgIpc) is 2.26. The number of nitrogens with two attached hydrogens (primary N) is 1. The molecule has 1 aromatic rings. The lowest BCUT2D eigenvalue weighted by atomic mass is 10.1. The van der Waals surface area contributed by atoms with Crippen LogP contribution in [0.25, 0.3) is 0 Å². The molecule has 1 unspecified atom stereocenters. The molecule has 0 heterocycles. The summed E-state index contributed by atoms with van der Waals surface area (Å²) in [4.78, 5) is 10.9. The highest BCUT2D eigenvalue weighted by Gasteiger charge is 2.11. The molecule has 88 valence electrons. The number of amides is 1. The molecular weight excluding hydrogens is 224 g/mol. The van der Waals surface area contributed by atoms with E-state index in [1.165, 1.54) is 0 Å². The van der Waals surface area contributed by atoms with Crippen LogP contribution in [-0.2, 0) is 4.79 Å². The van der Waals surface area contributed by atoms with Crippen LogP contribution < -0.4 is 11.1 Å². The highest BCUT2D eigenvalue weighted by molar-refractivity contribution is 6.30. The minimum atomic E-state index is -0.282. The van der Waals surface area contributed by atoms with Gasteiger partial charge in [0.25, 0.3) is 0 Å². The summed E-state index contributed by atoms with van der Waals surface area (Å²) < 4.78 is 0. The lowest BCUT2D eigenvalue weighted by molar-refractivity contribution is -0.121. The third-order valence-electron chi connectivity index (χ3n) is 2.59. The van der Waals surface area contributed by atoms with Crippen LogP contribution in [0.4, 0.5) is 0 Å². The Balaban J connectivity index is 2.49. The molecule has 3 N–H and O–H groups in total. The van der Waals surface area contributed by atoms with Crippen molar-refractivity contribution in [2.75, 3.05) is 6.54 Å². The fraction of sp³-hybridized carbons (Fsp3) is 0.417. The Hall–Kier alpha value is -1.06. The fourth-order valence-electron chi connectivity index (χ4n) is 1.32. The van der Waals surface area contributed by atoms with Gasteiger partial charge in [0.1, 0.15) is 0 Å². The summed E-state index contributed by atoms with van der Waals surface area (Å²) in [6, 6.07) is 7.82. The van der Waals surface area contributed by atoms with Gasteiger partial charge in [0.2, 0.25) is 5.91 Å². The third-order valence-corrected chi connectivity index (χ3v) is 2.84. The number of carbonyl (C=O) groups is 1. The molecule has 16 heavy (non-hydrogen) atoms. The van der Waals surface area contributed by atoms with Crippen LogP contribution in [0.5, 0.6) is 0 Å². The van der Waals surface area contributed by atoms with Crippen LogP contribution in [0, 0.1) is 5.92 Å².